The fourth-order valence-electron chi connectivity index (χ4n) is 2.99. The first-order chi connectivity index (χ1) is 9.13. The van der Waals surface area contributed by atoms with Crippen LogP contribution in [-0.2, 0) is 18.4 Å². The third-order valence-electron chi connectivity index (χ3n) is 4.17. The first kappa shape index (κ1) is 12.2. The Morgan fingerprint density at radius 3 is 2.58 bits per heavy atom. The maximum Gasteiger partial charge on any atom is 0.115 e. The van der Waals surface area contributed by atoms with Crippen molar-refractivity contribution in [2.75, 3.05) is 5.73 Å². The van der Waals surface area contributed by atoms with Crippen molar-refractivity contribution in [3.8, 4) is 0 Å². The number of nitrogen functional groups attached to an aromatic ring is 1. The standard InChI is InChI=1S/C17H19NO/c1-2-12-3-5-14(6-4-12)17(19)10-9-13-11-15(18)7-8-16(13)17/h3-8,11,19H,2,9-10,18H2,1H3. The van der Waals surface area contributed by atoms with Crippen LogP contribution in [-0.4, -0.2) is 5.11 Å². The van der Waals surface area contributed by atoms with E-state index >= 15 is 0 Å². The summed E-state index contributed by atoms with van der Waals surface area (Å²) in [5, 5.41) is 11.0. The summed E-state index contributed by atoms with van der Waals surface area (Å²) in [6.45, 7) is 2.14. The van der Waals surface area contributed by atoms with Crippen LogP contribution >= 0.6 is 0 Å². The van der Waals surface area contributed by atoms with Crippen molar-refractivity contribution in [2.24, 2.45) is 0 Å². The molecule has 0 aromatic heterocycles. The zero-order valence-corrected chi connectivity index (χ0v) is 11.2. The Kier molecular flexibility index (Phi) is 2.83. The van der Waals surface area contributed by atoms with E-state index in [2.05, 4.69) is 19.1 Å². The number of benzene rings is 2. The Morgan fingerprint density at radius 2 is 1.89 bits per heavy atom. The Morgan fingerprint density at radius 1 is 1.16 bits per heavy atom. The lowest BCUT2D eigenvalue weighted by Crippen LogP contribution is -2.23. The van der Waals surface area contributed by atoms with Gasteiger partial charge in [-0.2, -0.15) is 0 Å². The maximum atomic E-state index is 11.0. The van der Waals surface area contributed by atoms with Gasteiger partial charge in [-0.3, -0.25) is 0 Å². The summed E-state index contributed by atoms with van der Waals surface area (Å²) in [5.41, 5.74) is 10.2. The Hall–Kier alpha value is -1.80. The summed E-state index contributed by atoms with van der Waals surface area (Å²) >= 11 is 0. The molecule has 2 nitrogen and oxygen atoms in total. The lowest BCUT2D eigenvalue weighted by atomic mass is 9.87. The molecule has 98 valence electrons. The number of hydrogen-bond acceptors (Lipinski definition) is 2. The molecule has 0 spiro atoms. The minimum absolute atomic E-state index is 0.733. The van der Waals surface area contributed by atoms with E-state index in [9.17, 15) is 5.11 Å². The molecule has 0 saturated carbocycles. The van der Waals surface area contributed by atoms with E-state index in [1.807, 2.05) is 30.3 Å². The van der Waals surface area contributed by atoms with Gasteiger partial charge in [-0.15, -0.1) is 0 Å². The van der Waals surface area contributed by atoms with E-state index in [-0.39, 0.29) is 0 Å². The number of nitrogens with two attached hydrogens (primary N) is 1. The van der Waals surface area contributed by atoms with Crippen LogP contribution in [0, 0.1) is 0 Å². The predicted molar refractivity (Wildman–Crippen MR) is 78.0 cm³/mol. The van der Waals surface area contributed by atoms with Gasteiger partial charge in [-0.1, -0.05) is 37.3 Å². The Labute approximate surface area is 113 Å². The van der Waals surface area contributed by atoms with Crippen LogP contribution in [0.15, 0.2) is 42.5 Å². The highest BCUT2D eigenvalue weighted by atomic mass is 16.3. The number of aryl methyl sites for hydroxylation is 2. The highest BCUT2D eigenvalue weighted by Crippen LogP contribution is 2.42. The highest BCUT2D eigenvalue weighted by molar-refractivity contribution is 5.52. The summed E-state index contributed by atoms with van der Waals surface area (Å²) < 4.78 is 0. The predicted octanol–water partition coefficient (Wildman–Crippen LogP) is 3.01. The van der Waals surface area contributed by atoms with Gasteiger partial charge in [0.25, 0.3) is 0 Å². The first-order valence-corrected chi connectivity index (χ1v) is 6.84. The fraction of sp³-hybridized carbons (Fsp3) is 0.294. The second kappa shape index (κ2) is 4.39. The van der Waals surface area contributed by atoms with Crippen molar-refractivity contribution in [1.82, 2.24) is 0 Å². The molecule has 2 aromatic carbocycles. The number of rotatable bonds is 2. The van der Waals surface area contributed by atoms with E-state index < -0.39 is 5.60 Å². The van der Waals surface area contributed by atoms with E-state index in [0.29, 0.717) is 0 Å². The molecular weight excluding hydrogens is 234 g/mol. The molecular formula is C17H19NO. The van der Waals surface area contributed by atoms with Gasteiger partial charge in [0.2, 0.25) is 0 Å². The van der Waals surface area contributed by atoms with Crippen molar-refractivity contribution in [1.29, 1.82) is 0 Å². The van der Waals surface area contributed by atoms with Crippen LogP contribution in [0.3, 0.4) is 0 Å². The van der Waals surface area contributed by atoms with Crippen LogP contribution < -0.4 is 5.73 Å². The van der Waals surface area contributed by atoms with Gasteiger partial charge < -0.3 is 10.8 Å². The molecule has 3 rings (SSSR count). The zero-order valence-electron chi connectivity index (χ0n) is 11.2. The van der Waals surface area contributed by atoms with Crippen LogP contribution in [0.2, 0.25) is 0 Å². The molecule has 0 amide bonds. The summed E-state index contributed by atoms with van der Waals surface area (Å²) in [4.78, 5) is 0. The molecule has 1 aliphatic carbocycles. The second-order valence-corrected chi connectivity index (χ2v) is 5.33. The second-order valence-electron chi connectivity index (χ2n) is 5.33. The topological polar surface area (TPSA) is 46.2 Å². The minimum Gasteiger partial charge on any atom is -0.399 e. The summed E-state index contributed by atoms with van der Waals surface area (Å²) in [7, 11) is 0. The molecule has 2 heteroatoms. The summed E-state index contributed by atoms with van der Waals surface area (Å²) in [6, 6.07) is 14.1. The average Bonchev–Trinajstić information content (AvgIpc) is 2.77. The lowest BCUT2D eigenvalue weighted by molar-refractivity contribution is 0.0829. The minimum atomic E-state index is -0.852. The monoisotopic (exact) mass is 253 g/mol. The van der Waals surface area contributed by atoms with E-state index in [1.54, 1.807) is 0 Å². The highest BCUT2D eigenvalue weighted by Gasteiger charge is 2.38. The van der Waals surface area contributed by atoms with Gasteiger partial charge >= 0.3 is 0 Å². The van der Waals surface area contributed by atoms with Crippen LogP contribution in [0.25, 0.3) is 0 Å². The van der Waals surface area contributed by atoms with Gasteiger partial charge in [0.1, 0.15) is 5.60 Å². The third kappa shape index (κ3) is 1.92. The average molecular weight is 253 g/mol. The van der Waals surface area contributed by atoms with Crippen molar-refractivity contribution in [3.05, 3.63) is 64.7 Å². The van der Waals surface area contributed by atoms with E-state index in [0.717, 1.165) is 36.1 Å². The quantitative estimate of drug-likeness (QED) is 0.808. The molecule has 1 unspecified atom stereocenters. The van der Waals surface area contributed by atoms with Crippen molar-refractivity contribution in [2.45, 2.75) is 31.8 Å². The molecule has 0 heterocycles. The van der Waals surface area contributed by atoms with E-state index in [1.165, 1.54) is 11.1 Å². The van der Waals surface area contributed by atoms with Gasteiger partial charge in [0.05, 0.1) is 0 Å². The van der Waals surface area contributed by atoms with Gasteiger partial charge in [-0.25, -0.2) is 0 Å². The van der Waals surface area contributed by atoms with Crippen LogP contribution in [0.4, 0.5) is 5.69 Å². The van der Waals surface area contributed by atoms with E-state index in [4.69, 9.17) is 5.73 Å². The van der Waals surface area contributed by atoms with Crippen molar-refractivity contribution < 1.29 is 5.11 Å². The van der Waals surface area contributed by atoms with Gasteiger partial charge in [0.15, 0.2) is 0 Å². The molecule has 0 fully saturated rings. The SMILES string of the molecule is CCc1ccc(C2(O)CCc3cc(N)ccc32)cc1. The number of aliphatic hydroxyl groups is 1. The molecule has 0 radical (unpaired) electrons. The number of hydrogen-bond donors (Lipinski definition) is 2. The van der Waals surface area contributed by atoms with Crippen molar-refractivity contribution >= 4 is 5.69 Å². The zero-order chi connectivity index (χ0) is 13.5. The van der Waals surface area contributed by atoms with Crippen molar-refractivity contribution in [3.63, 3.8) is 0 Å². The first-order valence-electron chi connectivity index (χ1n) is 6.84. The fourth-order valence-corrected chi connectivity index (χ4v) is 2.99. The lowest BCUT2D eigenvalue weighted by Gasteiger charge is -2.25. The van der Waals surface area contributed by atoms with Crippen LogP contribution in [0.1, 0.15) is 35.6 Å². The number of fused-ring (bicyclic) bond motifs is 1. The van der Waals surface area contributed by atoms with Gasteiger partial charge in [0, 0.05) is 5.69 Å². The smallest absolute Gasteiger partial charge is 0.115 e. The largest absolute Gasteiger partial charge is 0.399 e. The Bertz CT molecular complexity index is 603. The molecule has 0 saturated heterocycles. The molecule has 1 atom stereocenters. The molecule has 0 bridgehead atoms. The summed E-state index contributed by atoms with van der Waals surface area (Å²) in [6.07, 6.45) is 2.63. The Balaban J connectivity index is 2.05. The molecule has 3 N–H and O–H groups in total. The third-order valence-corrected chi connectivity index (χ3v) is 4.17. The van der Waals surface area contributed by atoms with Gasteiger partial charge in [-0.05, 0) is 53.6 Å². The maximum absolute atomic E-state index is 11.0. The van der Waals surface area contributed by atoms with Crippen LogP contribution in [0.5, 0.6) is 0 Å². The summed E-state index contributed by atoms with van der Waals surface area (Å²) in [5.74, 6) is 0. The number of anilines is 1. The molecule has 1 aliphatic rings. The normalized spacial score (nSPS) is 21.4. The molecule has 19 heavy (non-hydrogen) atoms. The molecule has 2 aromatic rings. The molecule has 0 aliphatic heterocycles.